The smallest absolute Gasteiger partial charge is 0.252 e. The molecule has 0 spiro atoms. The minimum atomic E-state index is -0.0701. The topological polar surface area (TPSA) is 63.2 Å². The van der Waals surface area contributed by atoms with E-state index in [0.29, 0.717) is 25.3 Å². The van der Waals surface area contributed by atoms with Gasteiger partial charge in [0.05, 0.1) is 17.9 Å². The molecule has 0 atom stereocenters. The van der Waals surface area contributed by atoms with Crippen LogP contribution in [0.3, 0.4) is 0 Å². The standard InChI is InChI=1S/C17H25N3O2/c1-22-10-9-19-16-11-15(12-18-13-16)17(21)20-8-7-14-5-3-2-4-6-14/h5,11-13,19H,2-4,6-10H2,1H3,(H,20,21). The van der Waals surface area contributed by atoms with Gasteiger partial charge in [-0.3, -0.25) is 9.78 Å². The number of hydrogen-bond donors (Lipinski definition) is 2. The van der Waals surface area contributed by atoms with Crippen molar-refractivity contribution in [3.05, 3.63) is 35.7 Å². The largest absolute Gasteiger partial charge is 0.383 e. The molecule has 1 heterocycles. The van der Waals surface area contributed by atoms with Gasteiger partial charge in [0.2, 0.25) is 0 Å². The third-order valence-corrected chi connectivity index (χ3v) is 3.75. The van der Waals surface area contributed by atoms with Gasteiger partial charge in [-0.05, 0) is 38.2 Å². The third-order valence-electron chi connectivity index (χ3n) is 3.75. The van der Waals surface area contributed by atoms with Crippen LogP contribution in [0, 0.1) is 0 Å². The van der Waals surface area contributed by atoms with Crippen molar-refractivity contribution in [3.8, 4) is 0 Å². The van der Waals surface area contributed by atoms with Crippen molar-refractivity contribution in [3.63, 3.8) is 0 Å². The Labute approximate surface area is 132 Å². The van der Waals surface area contributed by atoms with Gasteiger partial charge < -0.3 is 15.4 Å². The number of nitrogens with zero attached hydrogens (tertiary/aromatic N) is 1. The minimum absolute atomic E-state index is 0.0701. The first-order chi connectivity index (χ1) is 10.8. The van der Waals surface area contributed by atoms with E-state index >= 15 is 0 Å². The molecule has 1 amide bonds. The first kappa shape index (κ1) is 16.5. The van der Waals surface area contributed by atoms with Crippen LogP contribution in [0.15, 0.2) is 30.1 Å². The Kier molecular flexibility index (Phi) is 6.90. The van der Waals surface area contributed by atoms with Crippen molar-refractivity contribution in [2.45, 2.75) is 32.1 Å². The van der Waals surface area contributed by atoms with Crippen LogP contribution in [0.25, 0.3) is 0 Å². The summed E-state index contributed by atoms with van der Waals surface area (Å²) in [6.07, 6.45) is 11.5. The summed E-state index contributed by atoms with van der Waals surface area (Å²) in [5, 5.41) is 6.14. The van der Waals surface area contributed by atoms with E-state index in [4.69, 9.17) is 4.74 Å². The maximum atomic E-state index is 12.1. The second-order valence-corrected chi connectivity index (χ2v) is 5.50. The summed E-state index contributed by atoms with van der Waals surface area (Å²) in [7, 11) is 1.66. The predicted molar refractivity (Wildman–Crippen MR) is 88.1 cm³/mol. The molecule has 0 fully saturated rings. The van der Waals surface area contributed by atoms with Gasteiger partial charge in [0.25, 0.3) is 5.91 Å². The monoisotopic (exact) mass is 303 g/mol. The number of methoxy groups -OCH3 is 1. The Bertz CT molecular complexity index is 514. The van der Waals surface area contributed by atoms with Crippen molar-refractivity contribution in [2.75, 3.05) is 32.1 Å². The molecule has 1 aliphatic rings. The van der Waals surface area contributed by atoms with Crippen LogP contribution in [-0.4, -0.2) is 37.7 Å². The number of rotatable bonds is 8. The first-order valence-corrected chi connectivity index (χ1v) is 7.93. The van der Waals surface area contributed by atoms with Gasteiger partial charge in [0, 0.05) is 32.6 Å². The average molecular weight is 303 g/mol. The van der Waals surface area contributed by atoms with Crippen molar-refractivity contribution in [2.24, 2.45) is 0 Å². The summed E-state index contributed by atoms with van der Waals surface area (Å²) in [5.41, 5.74) is 2.89. The molecule has 1 aromatic rings. The zero-order valence-electron chi connectivity index (χ0n) is 13.2. The van der Waals surface area contributed by atoms with Gasteiger partial charge in [-0.1, -0.05) is 11.6 Å². The molecule has 5 nitrogen and oxygen atoms in total. The zero-order valence-corrected chi connectivity index (χ0v) is 13.2. The number of pyridine rings is 1. The van der Waals surface area contributed by atoms with Crippen molar-refractivity contribution in [1.29, 1.82) is 0 Å². The highest BCUT2D eigenvalue weighted by Crippen LogP contribution is 2.19. The Morgan fingerprint density at radius 1 is 1.32 bits per heavy atom. The summed E-state index contributed by atoms with van der Waals surface area (Å²) in [4.78, 5) is 16.3. The van der Waals surface area contributed by atoms with Crippen molar-refractivity contribution < 1.29 is 9.53 Å². The summed E-state index contributed by atoms with van der Waals surface area (Å²) in [6.45, 7) is 1.99. The molecule has 5 heteroatoms. The molecular weight excluding hydrogens is 278 g/mol. The van der Waals surface area contributed by atoms with Gasteiger partial charge in [-0.15, -0.1) is 0 Å². The number of amides is 1. The number of allylic oxidation sites excluding steroid dienone is 1. The normalized spacial score (nSPS) is 14.3. The van der Waals surface area contributed by atoms with Gasteiger partial charge in [-0.25, -0.2) is 0 Å². The van der Waals surface area contributed by atoms with Crippen LogP contribution in [0.4, 0.5) is 5.69 Å². The van der Waals surface area contributed by atoms with Crippen LogP contribution >= 0.6 is 0 Å². The van der Waals surface area contributed by atoms with Crippen LogP contribution in [0.5, 0.6) is 0 Å². The molecule has 1 aromatic heterocycles. The quantitative estimate of drug-likeness (QED) is 0.572. The molecule has 22 heavy (non-hydrogen) atoms. The van der Waals surface area contributed by atoms with Crippen LogP contribution in [0.2, 0.25) is 0 Å². The summed E-state index contributed by atoms with van der Waals surface area (Å²) in [5.74, 6) is -0.0701. The minimum Gasteiger partial charge on any atom is -0.383 e. The Morgan fingerprint density at radius 2 is 2.23 bits per heavy atom. The maximum absolute atomic E-state index is 12.1. The molecule has 0 radical (unpaired) electrons. The number of ether oxygens (including phenoxy) is 1. The van der Waals surface area contributed by atoms with Crippen LogP contribution in [0.1, 0.15) is 42.5 Å². The molecule has 0 saturated carbocycles. The lowest BCUT2D eigenvalue weighted by atomic mass is 9.97. The van der Waals surface area contributed by atoms with E-state index in [1.165, 1.54) is 31.3 Å². The molecule has 0 saturated heterocycles. The second-order valence-electron chi connectivity index (χ2n) is 5.50. The fourth-order valence-electron chi connectivity index (χ4n) is 2.53. The number of carbonyl (C=O) groups excluding carboxylic acids is 1. The van der Waals surface area contributed by atoms with Crippen molar-refractivity contribution in [1.82, 2.24) is 10.3 Å². The fourth-order valence-corrected chi connectivity index (χ4v) is 2.53. The Morgan fingerprint density at radius 3 is 3.00 bits per heavy atom. The third kappa shape index (κ3) is 5.48. The summed E-state index contributed by atoms with van der Waals surface area (Å²) >= 11 is 0. The molecule has 2 N–H and O–H groups in total. The maximum Gasteiger partial charge on any atom is 0.252 e. The van der Waals surface area contributed by atoms with Crippen molar-refractivity contribution >= 4 is 11.6 Å². The van der Waals surface area contributed by atoms with E-state index in [2.05, 4.69) is 21.7 Å². The van der Waals surface area contributed by atoms with Gasteiger partial charge in [0.1, 0.15) is 0 Å². The highest BCUT2D eigenvalue weighted by molar-refractivity contribution is 5.94. The molecule has 0 unspecified atom stereocenters. The molecule has 0 aliphatic heterocycles. The lowest BCUT2D eigenvalue weighted by Gasteiger charge is -2.13. The Balaban J connectivity index is 1.78. The predicted octanol–water partition coefficient (Wildman–Crippen LogP) is 2.76. The van der Waals surface area contributed by atoms with Crippen LogP contribution in [-0.2, 0) is 4.74 Å². The SMILES string of the molecule is COCCNc1cncc(C(=O)NCCC2=CCCCC2)c1. The molecular formula is C17H25N3O2. The second kappa shape index (κ2) is 9.20. The number of anilines is 1. The molecule has 0 bridgehead atoms. The lowest BCUT2D eigenvalue weighted by molar-refractivity contribution is 0.0953. The number of hydrogen-bond acceptors (Lipinski definition) is 4. The number of nitrogens with one attached hydrogen (secondary N) is 2. The molecule has 1 aliphatic carbocycles. The highest BCUT2D eigenvalue weighted by atomic mass is 16.5. The number of aromatic nitrogens is 1. The summed E-state index contributed by atoms with van der Waals surface area (Å²) in [6, 6.07) is 1.82. The molecule has 120 valence electrons. The van der Waals surface area contributed by atoms with E-state index < -0.39 is 0 Å². The van der Waals surface area contributed by atoms with Gasteiger partial charge in [0.15, 0.2) is 0 Å². The highest BCUT2D eigenvalue weighted by Gasteiger charge is 2.08. The zero-order chi connectivity index (χ0) is 15.6. The van der Waals surface area contributed by atoms with Crippen LogP contribution < -0.4 is 10.6 Å². The molecule has 2 rings (SSSR count). The van der Waals surface area contributed by atoms with Gasteiger partial charge in [-0.2, -0.15) is 0 Å². The summed E-state index contributed by atoms with van der Waals surface area (Å²) < 4.78 is 4.98. The number of carbonyl (C=O) groups is 1. The van der Waals surface area contributed by atoms with E-state index in [1.54, 1.807) is 19.5 Å². The molecule has 0 aromatic carbocycles. The van der Waals surface area contributed by atoms with Gasteiger partial charge >= 0.3 is 0 Å². The fraction of sp³-hybridized carbons (Fsp3) is 0.529. The van der Waals surface area contributed by atoms with E-state index in [0.717, 1.165) is 12.1 Å². The Hall–Kier alpha value is -1.88. The van der Waals surface area contributed by atoms with E-state index in [1.807, 2.05) is 6.07 Å². The van der Waals surface area contributed by atoms with E-state index in [9.17, 15) is 4.79 Å². The first-order valence-electron chi connectivity index (χ1n) is 7.93. The lowest BCUT2D eigenvalue weighted by Crippen LogP contribution is -2.25. The van der Waals surface area contributed by atoms with E-state index in [-0.39, 0.29) is 5.91 Å². The average Bonchev–Trinajstić information content (AvgIpc) is 2.56.